The molecule has 0 radical (unpaired) electrons. The van der Waals surface area contributed by atoms with Crippen LogP contribution in [0.2, 0.25) is 0 Å². The van der Waals surface area contributed by atoms with E-state index < -0.39 is 16.0 Å². The van der Waals surface area contributed by atoms with Gasteiger partial charge in [-0.25, -0.2) is 12.1 Å². The standard InChI is InChI=1S/C39H36NP2.C5H5.Fe/c1-31(33-19-8-3-9-20-33)40(42(36-25-14-6-15-26-36)37-27-16-7-17-28-37)32(2)38-29-18-30-39(38)41(34-21-10-4-11-22-34)35-23-12-5-13-24-35;1-2-4-5-3-1;/h3-32H,1-2H3;1-5H;/q-1;-5;/t31-,32-;;/m1../s1. The Labute approximate surface area is 300 Å². The van der Waals surface area contributed by atoms with Crippen molar-refractivity contribution in [2.24, 2.45) is 0 Å². The fraction of sp³-hybridized carbons (Fsp3) is 0.0909. The average molecular weight is 702 g/mol. The van der Waals surface area contributed by atoms with E-state index in [-0.39, 0.29) is 29.2 Å². The van der Waals surface area contributed by atoms with Crippen LogP contribution in [0.15, 0.2) is 200 Å². The summed E-state index contributed by atoms with van der Waals surface area (Å²) in [6.07, 6.45) is 0. The molecule has 0 heterocycles. The summed E-state index contributed by atoms with van der Waals surface area (Å²) < 4.78 is 2.79. The zero-order valence-corrected chi connectivity index (χ0v) is 30.3. The van der Waals surface area contributed by atoms with E-state index in [1.807, 2.05) is 30.3 Å². The molecule has 1 nitrogen and oxygen atoms in total. The molecule has 0 aliphatic carbocycles. The number of nitrogens with zero attached hydrogens (tertiary/aromatic N) is 1. The van der Waals surface area contributed by atoms with E-state index in [2.05, 4.69) is 188 Å². The van der Waals surface area contributed by atoms with E-state index in [0.29, 0.717) is 0 Å². The largest absolute Gasteiger partial charge is 0.748 e. The van der Waals surface area contributed by atoms with Crippen LogP contribution in [0.5, 0.6) is 0 Å². The van der Waals surface area contributed by atoms with Gasteiger partial charge in [-0.1, -0.05) is 159 Å². The first-order chi connectivity index (χ1) is 23.2. The molecule has 0 saturated heterocycles. The fourth-order valence-electron chi connectivity index (χ4n) is 6.15. The predicted octanol–water partition coefficient (Wildman–Crippen LogP) is 9.74. The second-order valence-corrected chi connectivity index (χ2v) is 15.8. The Balaban J connectivity index is 0.000000689. The minimum Gasteiger partial charge on any atom is -0.748 e. The minimum absolute atomic E-state index is 0. The normalized spacial score (nSPS) is 12.2. The van der Waals surface area contributed by atoms with E-state index in [9.17, 15) is 0 Å². The SMILES string of the molecule is C[C@H](c1ccccc1)N([C@H](C)[c-]1cccc1P(c1ccccc1)c1ccccc1)P(c1ccccc1)c1ccccc1.[Fe].[cH-]1[cH-][cH-][cH-][cH-]1. The summed E-state index contributed by atoms with van der Waals surface area (Å²) in [5, 5.41) is 6.95. The maximum absolute atomic E-state index is 2.79. The summed E-state index contributed by atoms with van der Waals surface area (Å²) in [5.41, 5.74) is 2.75. The number of hydrogen-bond donors (Lipinski definition) is 0. The maximum Gasteiger partial charge on any atom is 0.0357 e. The van der Waals surface area contributed by atoms with Gasteiger partial charge in [0.25, 0.3) is 0 Å². The monoisotopic (exact) mass is 701 g/mol. The summed E-state index contributed by atoms with van der Waals surface area (Å²) in [7, 11) is -1.53. The Morgan fingerprint density at radius 2 is 0.854 bits per heavy atom. The molecule has 0 saturated carbocycles. The molecule has 0 aliphatic heterocycles. The second kappa shape index (κ2) is 18.1. The number of benzene rings is 5. The maximum atomic E-state index is 2.79. The molecule has 0 spiro atoms. The van der Waals surface area contributed by atoms with Crippen molar-refractivity contribution in [3.8, 4) is 0 Å². The molecule has 0 aromatic heterocycles. The van der Waals surface area contributed by atoms with Crippen LogP contribution in [0.1, 0.15) is 37.1 Å². The van der Waals surface area contributed by atoms with Gasteiger partial charge in [-0.05, 0) is 47.7 Å². The summed E-state index contributed by atoms with van der Waals surface area (Å²) in [6.45, 7) is 4.80. The molecule has 0 fully saturated rings. The van der Waals surface area contributed by atoms with E-state index >= 15 is 0 Å². The molecule has 7 rings (SSSR count). The first kappa shape index (κ1) is 35.4. The van der Waals surface area contributed by atoms with Crippen LogP contribution < -0.4 is 26.5 Å². The van der Waals surface area contributed by atoms with Gasteiger partial charge >= 0.3 is 0 Å². The first-order valence-electron chi connectivity index (χ1n) is 16.3. The van der Waals surface area contributed by atoms with Gasteiger partial charge in [-0.3, -0.25) is 4.67 Å². The van der Waals surface area contributed by atoms with Gasteiger partial charge in [0.15, 0.2) is 0 Å². The van der Waals surface area contributed by atoms with Crippen molar-refractivity contribution in [3.63, 3.8) is 0 Å². The van der Waals surface area contributed by atoms with Crippen LogP contribution >= 0.6 is 16.0 Å². The Morgan fingerprint density at radius 1 is 0.479 bits per heavy atom. The molecule has 7 aromatic rings. The van der Waals surface area contributed by atoms with Crippen LogP contribution in [0.25, 0.3) is 0 Å². The van der Waals surface area contributed by atoms with Crippen LogP contribution in [0.4, 0.5) is 0 Å². The van der Waals surface area contributed by atoms with Gasteiger partial charge in [0.1, 0.15) is 0 Å². The molecular weight excluding hydrogens is 660 g/mol. The minimum atomic E-state index is -0.821. The van der Waals surface area contributed by atoms with Crippen molar-refractivity contribution in [1.82, 2.24) is 4.67 Å². The smallest absolute Gasteiger partial charge is 0.0357 e. The van der Waals surface area contributed by atoms with E-state index in [0.717, 1.165) is 0 Å². The summed E-state index contributed by atoms with van der Waals surface area (Å²) in [4.78, 5) is 0. The van der Waals surface area contributed by atoms with Crippen molar-refractivity contribution >= 4 is 42.5 Å². The van der Waals surface area contributed by atoms with Crippen molar-refractivity contribution in [2.45, 2.75) is 25.9 Å². The third kappa shape index (κ3) is 8.59. The van der Waals surface area contributed by atoms with Crippen molar-refractivity contribution in [2.75, 3.05) is 0 Å². The molecule has 0 amide bonds. The molecule has 48 heavy (non-hydrogen) atoms. The van der Waals surface area contributed by atoms with Gasteiger partial charge < -0.3 is 30.3 Å². The van der Waals surface area contributed by atoms with Crippen molar-refractivity contribution in [1.29, 1.82) is 0 Å². The molecule has 4 heteroatoms. The van der Waals surface area contributed by atoms with Gasteiger partial charge in [0.05, 0.1) is 0 Å². The molecular formula is C44H41FeNP2-6. The second-order valence-electron chi connectivity index (χ2n) is 11.5. The third-order valence-electron chi connectivity index (χ3n) is 8.41. The first-order valence-corrected chi connectivity index (χ1v) is 18.9. The predicted molar refractivity (Wildman–Crippen MR) is 207 cm³/mol. The van der Waals surface area contributed by atoms with Gasteiger partial charge in [-0.2, -0.15) is 6.07 Å². The molecule has 2 atom stereocenters. The van der Waals surface area contributed by atoms with E-state index in [1.165, 1.54) is 37.6 Å². The summed E-state index contributed by atoms with van der Waals surface area (Å²) >= 11 is 0. The quantitative estimate of drug-likeness (QED) is 0.0780. The van der Waals surface area contributed by atoms with Crippen LogP contribution in [-0.4, -0.2) is 4.67 Å². The molecule has 0 bridgehead atoms. The summed E-state index contributed by atoms with van der Waals surface area (Å²) in [5.74, 6) is 0. The van der Waals surface area contributed by atoms with Crippen molar-refractivity contribution in [3.05, 3.63) is 211 Å². The fourth-order valence-corrected chi connectivity index (χ4v) is 11.4. The van der Waals surface area contributed by atoms with Gasteiger partial charge in [-0.15, -0.1) is 10.9 Å². The van der Waals surface area contributed by atoms with Crippen LogP contribution in [0.3, 0.4) is 0 Å². The van der Waals surface area contributed by atoms with Gasteiger partial charge in [0.2, 0.25) is 0 Å². The number of rotatable bonds is 10. The average Bonchev–Trinajstić information content (AvgIpc) is 3.89. The van der Waals surface area contributed by atoms with Crippen LogP contribution in [-0.2, 0) is 17.1 Å². The van der Waals surface area contributed by atoms with E-state index in [4.69, 9.17) is 0 Å². The Bertz CT molecular complexity index is 1760. The van der Waals surface area contributed by atoms with E-state index in [1.54, 1.807) is 0 Å². The summed E-state index contributed by atoms with van der Waals surface area (Å²) in [6, 6.07) is 72.7. The molecule has 0 unspecified atom stereocenters. The molecule has 0 aliphatic rings. The molecule has 246 valence electrons. The number of hydrogen-bond acceptors (Lipinski definition) is 1. The van der Waals surface area contributed by atoms with Crippen LogP contribution in [0, 0.1) is 0 Å². The van der Waals surface area contributed by atoms with Gasteiger partial charge in [0, 0.05) is 31.2 Å². The van der Waals surface area contributed by atoms with Crippen molar-refractivity contribution < 1.29 is 17.1 Å². The zero-order chi connectivity index (χ0) is 32.3. The topological polar surface area (TPSA) is 3.24 Å². The zero-order valence-electron chi connectivity index (χ0n) is 27.4. The molecule has 0 N–H and O–H groups in total. The Morgan fingerprint density at radius 3 is 1.27 bits per heavy atom. The third-order valence-corrected chi connectivity index (χ3v) is 13.7. The Kier molecular flexibility index (Phi) is 13.3. The Hall–Kier alpha value is -3.86. The molecule has 7 aromatic carbocycles.